The number of nitrogens with zero attached hydrogens (tertiary/aromatic N) is 2. The number of phenols is 1. The van der Waals surface area contributed by atoms with Gasteiger partial charge in [0.05, 0.1) is 0 Å². The second-order valence-electron chi connectivity index (χ2n) is 5.00. The maximum absolute atomic E-state index is 9.26. The molecule has 1 aromatic heterocycles. The highest BCUT2D eigenvalue weighted by Gasteiger charge is 2.08. The van der Waals surface area contributed by atoms with Crippen LogP contribution in [0.2, 0.25) is 5.15 Å². The molecule has 0 aliphatic carbocycles. The van der Waals surface area contributed by atoms with E-state index in [0.29, 0.717) is 5.15 Å². The van der Waals surface area contributed by atoms with E-state index in [1.165, 1.54) is 0 Å². The Kier molecular flexibility index (Phi) is 5.39. The number of phenolic OH excluding ortho intramolecular Hbond substituents is 1. The van der Waals surface area contributed by atoms with Gasteiger partial charge in [0, 0.05) is 18.5 Å². The summed E-state index contributed by atoms with van der Waals surface area (Å²) in [5, 5.41) is 13.1. The summed E-state index contributed by atoms with van der Waals surface area (Å²) in [5.74, 6) is 1.87. The maximum atomic E-state index is 9.26. The van der Waals surface area contributed by atoms with Crippen LogP contribution in [-0.4, -0.2) is 21.6 Å². The van der Waals surface area contributed by atoms with Crippen LogP contribution in [0, 0.1) is 6.92 Å². The molecule has 0 spiro atoms. The van der Waals surface area contributed by atoms with Crippen LogP contribution in [0.1, 0.15) is 30.3 Å². The van der Waals surface area contributed by atoms with Crippen LogP contribution in [0.4, 0.5) is 5.82 Å². The molecular formula is C16H20ClN3O. The highest BCUT2D eigenvalue weighted by molar-refractivity contribution is 6.30. The van der Waals surface area contributed by atoms with Gasteiger partial charge in [-0.25, -0.2) is 9.97 Å². The molecule has 0 saturated heterocycles. The van der Waals surface area contributed by atoms with Gasteiger partial charge in [-0.05, 0) is 37.5 Å². The Morgan fingerprint density at radius 1 is 1.14 bits per heavy atom. The monoisotopic (exact) mass is 305 g/mol. The third-order valence-electron chi connectivity index (χ3n) is 3.25. The van der Waals surface area contributed by atoms with Gasteiger partial charge in [-0.3, -0.25) is 0 Å². The van der Waals surface area contributed by atoms with E-state index in [4.69, 9.17) is 11.6 Å². The Hall–Kier alpha value is -1.81. The van der Waals surface area contributed by atoms with E-state index in [-0.39, 0.29) is 5.75 Å². The van der Waals surface area contributed by atoms with Gasteiger partial charge >= 0.3 is 0 Å². The molecule has 1 heterocycles. The van der Waals surface area contributed by atoms with Crippen LogP contribution >= 0.6 is 11.6 Å². The van der Waals surface area contributed by atoms with Gasteiger partial charge in [-0.2, -0.15) is 0 Å². The summed E-state index contributed by atoms with van der Waals surface area (Å²) in [6.45, 7) is 4.76. The Morgan fingerprint density at radius 3 is 2.52 bits per heavy atom. The zero-order chi connectivity index (χ0) is 15.2. The first kappa shape index (κ1) is 15.6. The van der Waals surface area contributed by atoms with Crippen LogP contribution in [0.3, 0.4) is 0 Å². The van der Waals surface area contributed by atoms with Crippen molar-refractivity contribution >= 4 is 17.4 Å². The fourth-order valence-electron chi connectivity index (χ4n) is 2.03. The molecule has 21 heavy (non-hydrogen) atoms. The topological polar surface area (TPSA) is 58.0 Å². The molecule has 0 bridgehead atoms. The molecule has 112 valence electrons. The molecule has 0 radical (unpaired) electrons. The molecule has 0 saturated carbocycles. The van der Waals surface area contributed by atoms with Gasteiger partial charge < -0.3 is 10.4 Å². The molecule has 0 fully saturated rings. The fourth-order valence-corrected chi connectivity index (χ4v) is 2.22. The van der Waals surface area contributed by atoms with Crippen LogP contribution in [0.5, 0.6) is 5.75 Å². The summed E-state index contributed by atoms with van der Waals surface area (Å²) >= 11 is 6.15. The van der Waals surface area contributed by atoms with E-state index < -0.39 is 0 Å². The summed E-state index contributed by atoms with van der Waals surface area (Å²) in [4.78, 5) is 8.81. The number of halogens is 1. The Bertz CT molecular complexity index is 599. The predicted octanol–water partition coefficient (Wildman–Crippen LogP) is 3.75. The zero-order valence-electron chi connectivity index (χ0n) is 12.4. The SMILES string of the molecule is CCCc1nc(Cl)c(C)c(NCCc2ccc(O)cc2)n1. The smallest absolute Gasteiger partial charge is 0.137 e. The van der Waals surface area contributed by atoms with Crippen molar-refractivity contribution < 1.29 is 5.11 Å². The summed E-state index contributed by atoms with van der Waals surface area (Å²) < 4.78 is 0. The average molecular weight is 306 g/mol. The lowest BCUT2D eigenvalue weighted by Crippen LogP contribution is -2.10. The highest BCUT2D eigenvalue weighted by atomic mass is 35.5. The van der Waals surface area contributed by atoms with Crippen molar-refractivity contribution in [2.45, 2.75) is 33.1 Å². The van der Waals surface area contributed by atoms with Crippen molar-refractivity contribution in [1.82, 2.24) is 9.97 Å². The minimum absolute atomic E-state index is 0.286. The standard InChI is InChI=1S/C16H20ClN3O/c1-3-4-14-19-15(17)11(2)16(20-14)18-10-9-12-5-7-13(21)8-6-12/h5-8,21H,3-4,9-10H2,1-2H3,(H,18,19,20). The molecule has 0 amide bonds. The van der Waals surface area contributed by atoms with Gasteiger partial charge in [0.25, 0.3) is 0 Å². The van der Waals surface area contributed by atoms with Crippen molar-refractivity contribution in [3.8, 4) is 5.75 Å². The van der Waals surface area contributed by atoms with E-state index >= 15 is 0 Å². The number of benzene rings is 1. The van der Waals surface area contributed by atoms with Crippen molar-refractivity contribution in [1.29, 1.82) is 0 Å². The number of nitrogens with one attached hydrogen (secondary N) is 1. The second kappa shape index (κ2) is 7.27. The first-order valence-electron chi connectivity index (χ1n) is 7.15. The molecule has 4 nitrogen and oxygen atoms in total. The van der Waals surface area contributed by atoms with Gasteiger partial charge in [-0.15, -0.1) is 0 Å². The highest BCUT2D eigenvalue weighted by Crippen LogP contribution is 2.20. The van der Waals surface area contributed by atoms with Crippen LogP contribution < -0.4 is 5.32 Å². The number of aryl methyl sites for hydroxylation is 1. The first-order valence-corrected chi connectivity index (χ1v) is 7.52. The minimum atomic E-state index is 0.286. The molecule has 0 aliphatic heterocycles. The van der Waals surface area contributed by atoms with Gasteiger partial charge in [-0.1, -0.05) is 30.7 Å². The number of hydrogen-bond acceptors (Lipinski definition) is 4. The minimum Gasteiger partial charge on any atom is -0.508 e. The normalized spacial score (nSPS) is 10.6. The summed E-state index contributed by atoms with van der Waals surface area (Å²) in [7, 11) is 0. The predicted molar refractivity (Wildman–Crippen MR) is 86.1 cm³/mol. The van der Waals surface area contributed by atoms with E-state index in [1.54, 1.807) is 12.1 Å². The Balaban J connectivity index is 2.00. The number of hydrogen-bond donors (Lipinski definition) is 2. The first-order chi connectivity index (χ1) is 10.1. The van der Waals surface area contributed by atoms with Gasteiger partial charge in [0.2, 0.25) is 0 Å². The van der Waals surface area contributed by atoms with Crippen LogP contribution in [0.15, 0.2) is 24.3 Å². The Morgan fingerprint density at radius 2 is 1.86 bits per heavy atom. The molecule has 0 unspecified atom stereocenters. The quantitative estimate of drug-likeness (QED) is 0.798. The zero-order valence-corrected chi connectivity index (χ0v) is 13.1. The largest absolute Gasteiger partial charge is 0.508 e. The molecule has 5 heteroatoms. The lowest BCUT2D eigenvalue weighted by molar-refractivity contribution is 0.475. The number of aromatic nitrogens is 2. The summed E-state index contributed by atoms with van der Waals surface area (Å²) in [6.07, 6.45) is 2.67. The summed E-state index contributed by atoms with van der Waals surface area (Å²) in [5.41, 5.74) is 2.04. The number of anilines is 1. The fraction of sp³-hybridized carbons (Fsp3) is 0.375. The lowest BCUT2D eigenvalue weighted by atomic mass is 10.1. The lowest BCUT2D eigenvalue weighted by Gasteiger charge is -2.11. The Labute approximate surface area is 130 Å². The van der Waals surface area contributed by atoms with E-state index in [0.717, 1.165) is 48.6 Å². The average Bonchev–Trinajstić information content (AvgIpc) is 2.46. The van der Waals surface area contributed by atoms with Gasteiger partial charge in [0.1, 0.15) is 22.5 Å². The van der Waals surface area contributed by atoms with Crippen LogP contribution in [-0.2, 0) is 12.8 Å². The molecule has 2 aromatic rings. The van der Waals surface area contributed by atoms with E-state index in [9.17, 15) is 5.11 Å². The van der Waals surface area contributed by atoms with Crippen molar-refractivity contribution in [3.63, 3.8) is 0 Å². The second-order valence-corrected chi connectivity index (χ2v) is 5.36. The molecule has 0 aliphatic rings. The van der Waals surface area contributed by atoms with Crippen LogP contribution in [0.25, 0.3) is 0 Å². The van der Waals surface area contributed by atoms with E-state index in [2.05, 4.69) is 22.2 Å². The maximum Gasteiger partial charge on any atom is 0.137 e. The molecule has 2 N–H and O–H groups in total. The molecule has 0 atom stereocenters. The van der Waals surface area contributed by atoms with Crippen molar-refractivity contribution in [2.24, 2.45) is 0 Å². The van der Waals surface area contributed by atoms with E-state index in [1.807, 2.05) is 19.1 Å². The third-order valence-corrected chi connectivity index (χ3v) is 3.62. The third kappa shape index (κ3) is 4.33. The van der Waals surface area contributed by atoms with Crippen molar-refractivity contribution in [2.75, 3.05) is 11.9 Å². The number of rotatable bonds is 6. The molecule has 1 aromatic carbocycles. The number of aromatic hydroxyl groups is 1. The molecule has 2 rings (SSSR count). The molecular weight excluding hydrogens is 286 g/mol. The van der Waals surface area contributed by atoms with Crippen molar-refractivity contribution in [3.05, 3.63) is 46.4 Å². The van der Waals surface area contributed by atoms with Gasteiger partial charge in [0.15, 0.2) is 0 Å². The summed E-state index contributed by atoms with van der Waals surface area (Å²) in [6, 6.07) is 7.22.